The maximum absolute atomic E-state index is 12.7. The van der Waals surface area contributed by atoms with Crippen LogP contribution in [0.25, 0.3) is 10.9 Å². The van der Waals surface area contributed by atoms with Crippen molar-refractivity contribution in [2.75, 3.05) is 38.1 Å². The highest BCUT2D eigenvalue weighted by atomic mass is 16.1. The fourth-order valence-electron chi connectivity index (χ4n) is 5.07. The Morgan fingerprint density at radius 2 is 2.10 bits per heavy atom. The average molecular weight is 421 g/mol. The highest BCUT2D eigenvalue weighted by molar-refractivity contribution is 5.94. The van der Waals surface area contributed by atoms with Gasteiger partial charge in [0.05, 0.1) is 11.1 Å². The molecule has 3 heterocycles. The van der Waals surface area contributed by atoms with Gasteiger partial charge < -0.3 is 15.1 Å². The summed E-state index contributed by atoms with van der Waals surface area (Å²) in [6.45, 7) is 6.19. The van der Waals surface area contributed by atoms with Crippen molar-refractivity contribution >= 4 is 22.5 Å². The maximum Gasteiger partial charge on any atom is 0.220 e. The number of carbonyl (C=O) groups excluding carboxylic acids is 1. The number of likely N-dealkylation sites (tertiary alicyclic amines) is 1. The number of rotatable bonds is 5. The Morgan fingerprint density at radius 1 is 1.29 bits per heavy atom. The molecule has 0 radical (unpaired) electrons. The van der Waals surface area contributed by atoms with Gasteiger partial charge in [-0.2, -0.15) is 5.26 Å². The summed E-state index contributed by atoms with van der Waals surface area (Å²) in [7, 11) is 2.17. The number of hydrogen-bond donors (Lipinski definition) is 1. The van der Waals surface area contributed by atoms with Crippen molar-refractivity contribution in [1.29, 1.82) is 5.26 Å². The summed E-state index contributed by atoms with van der Waals surface area (Å²) in [5, 5.41) is 13.6. The molecule has 4 rings (SSSR count). The van der Waals surface area contributed by atoms with Crippen LogP contribution in [0.1, 0.15) is 44.6 Å². The van der Waals surface area contributed by atoms with Gasteiger partial charge >= 0.3 is 0 Å². The third-order valence-electron chi connectivity index (χ3n) is 6.75. The van der Waals surface area contributed by atoms with Crippen LogP contribution >= 0.6 is 0 Å². The third-order valence-corrected chi connectivity index (χ3v) is 6.75. The van der Waals surface area contributed by atoms with Crippen LogP contribution in [0.2, 0.25) is 0 Å². The molecule has 2 fully saturated rings. The second kappa shape index (κ2) is 9.61. The van der Waals surface area contributed by atoms with Gasteiger partial charge in [0.1, 0.15) is 12.4 Å². The molecule has 1 amide bonds. The molecule has 0 spiro atoms. The fraction of sp³-hybridized carbons (Fsp3) is 0.583. The van der Waals surface area contributed by atoms with Gasteiger partial charge in [0, 0.05) is 42.8 Å². The first-order valence-electron chi connectivity index (χ1n) is 11.4. The van der Waals surface area contributed by atoms with Crippen LogP contribution in [0, 0.1) is 23.2 Å². The van der Waals surface area contributed by atoms with Crippen LogP contribution < -0.4 is 10.2 Å². The number of benzene rings is 1. The minimum absolute atomic E-state index is 0.129. The summed E-state index contributed by atoms with van der Waals surface area (Å²) in [6.07, 6.45) is 8.27. The van der Waals surface area contributed by atoms with Gasteiger partial charge in [0.15, 0.2) is 0 Å². The standard InChI is InChI=1S/C24H32N6O/c1-17-11-20(28-23(31)6-3-18-7-9-29(2)10-8-18)15-30(14-17)22-5-4-19(12-25)24-21(22)13-26-16-27-24/h4-5,13,16-18,20H,3,6-11,14-15H2,1-2H3,(H,28,31)/t17?,20-/m1/s1. The van der Waals surface area contributed by atoms with Crippen molar-refractivity contribution in [3.05, 3.63) is 30.2 Å². The number of nitriles is 1. The van der Waals surface area contributed by atoms with Crippen LogP contribution in [0.15, 0.2) is 24.7 Å². The van der Waals surface area contributed by atoms with Gasteiger partial charge in [0.2, 0.25) is 5.91 Å². The van der Waals surface area contributed by atoms with E-state index in [2.05, 4.69) is 45.1 Å². The molecule has 1 aromatic carbocycles. The monoisotopic (exact) mass is 420 g/mol. The zero-order valence-corrected chi connectivity index (χ0v) is 18.5. The van der Waals surface area contributed by atoms with Gasteiger partial charge in [-0.15, -0.1) is 0 Å². The maximum atomic E-state index is 12.7. The summed E-state index contributed by atoms with van der Waals surface area (Å²) in [5.74, 6) is 1.31. The number of carbonyl (C=O) groups is 1. The molecule has 1 unspecified atom stereocenters. The van der Waals surface area contributed by atoms with E-state index in [4.69, 9.17) is 0 Å². The molecular formula is C24H32N6O. The van der Waals surface area contributed by atoms with E-state index in [1.54, 1.807) is 6.20 Å². The molecule has 7 nitrogen and oxygen atoms in total. The molecule has 2 aliphatic heterocycles. The Morgan fingerprint density at radius 3 is 2.87 bits per heavy atom. The van der Waals surface area contributed by atoms with E-state index in [1.807, 2.05) is 12.1 Å². The van der Waals surface area contributed by atoms with Crippen LogP contribution in [0.5, 0.6) is 0 Å². The van der Waals surface area contributed by atoms with Crippen molar-refractivity contribution in [2.24, 2.45) is 11.8 Å². The van der Waals surface area contributed by atoms with Crippen molar-refractivity contribution < 1.29 is 4.79 Å². The summed E-state index contributed by atoms with van der Waals surface area (Å²) in [6, 6.07) is 6.17. The van der Waals surface area contributed by atoms with Crippen LogP contribution in [-0.4, -0.2) is 60.0 Å². The number of aromatic nitrogens is 2. The van der Waals surface area contributed by atoms with Gasteiger partial charge in [-0.25, -0.2) is 9.97 Å². The highest BCUT2D eigenvalue weighted by Crippen LogP contribution is 2.31. The van der Waals surface area contributed by atoms with Crippen molar-refractivity contribution in [2.45, 2.75) is 45.1 Å². The van der Waals surface area contributed by atoms with E-state index in [-0.39, 0.29) is 11.9 Å². The molecule has 2 atom stereocenters. The Bertz CT molecular complexity index is 962. The molecule has 31 heavy (non-hydrogen) atoms. The van der Waals surface area contributed by atoms with E-state index in [9.17, 15) is 10.1 Å². The number of hydrogen-bond acceptors (Lipinski definition) is 6. The normalized spacial score (nSPS) is 22.9. The van der Waals surface area contributed by atoms with Crippen LogP contribution in [0.4, 0.5) is 5.69 Å². The zero-order valence-electron chi connectivity index (χ0n) is 18.5. The Kier molecular flexibility index (Phi) is 6.67. The Balaban J connectivity index is 1.40. The topological polar surface area (TPSA) is 85.2 Å². The first-order valence-corrected chi connectivity index (χ1v) is 11.4. The molecule has 1 aromatic heterocycles. The molecular weight excluding hydrogens is 388 g/mol. The largest absolute Gasteiger partial charge is 0.369 e. The van der Waals surface area contributed by atoms with E-state index in [1.165, 1.54) is 19.2 Å². The molecule has 7 heteroatoms. The molecule has 2 aliphatic rings. The molecule has 164 valence electrons. The number of fused-ring (bicyclic) bond motifs is 1. The third kappa shape index (κ3) is 5.13. The fourth-order valence-corrected chi connectivity index (χ4v) is 5.07. The first-order chi connectivity index (χ1) is 15.0. The SMILES string of the molecule is CC1C[C@@H](NC(=O)CCC2CCN(C)CC2)CN(c2ccc(C#N)c3ncncc23)C1. The summed E-state index contributed by atoms with van der Waals surface area (Å²) in [4.78, 5) is 25.9. The predicted molar refractivity (Wildman–Crippen MR) is 122 cm³/mol. The smallest absolute Gasteiger partial charge is 0.220 e. The van der Waals surface area contributed by atoms with E-state index >= 15 is 0 Å². The van der Waals surface area contributed by atoms with Gasteiger partial charge in [-0.1, -0.05) is 6.92 Å². The molecule has 0 saturated carbocycles. The molecule has 0 aliphatic carbocycles. The molecule has 2 aromatic rings. The number of nitrogens with one attached hydrogen (secondary N) is 1. The lowest BCUT2D eigenvalue weighted by atomic mass is 9.91. The molecule has 0 bridgehead atoms. The summed E-state index contributed by atoms with van der Waals surface area (Å²) >= 11 is 0. The number of piperidine rings is 2. The van der Waals surface area contributed by atoms with Gasteiger partial charge in [-0.3, -0.25) is 4.79 Å². The van der Waals surface area contributed by atoms with Crippen molar-refractivity contribution in [3.63, 3.8) is 0 Å². The van der Waals surface area contributed by atoms with Crippen molar-refractivity contribution in [3.8, 4) is 6.07 Å². The second-order valence-electron chi connectivity index (χ2n) is 9.32. The lowest BCUT2D eigenvalue weighted by Gasteiger charge is -2.38. The summed E-state index contributed by atoms with van der Waals surface area (Å²) < 4.78 is 0. The summed E-state index contributed by atoms with van der Waals surface area (Å²) in [5.41, 5.74) is 2.28. The first kappa shape index (κ1) is 21.5. The van der Waals surface area contributed by atoms with Gasteiger partial charge in [-0.05, 0) is 69.8 Å². The zero-order chi connectivity index (χ0) is 21.8. The lowest BCUT2D eigenvalue weighted by molar-refractivity contribution is -0.122. The highest BCUT2D eigenvalue weighted by Gasteiger charge is 2.28. The Labute approximate surface area is 184 Å². The lowest BCUT2D eigenvalue weighted by Crippen LogP contribution is -2.50. The average Bonchev–Trinajstić information content (AvgIpc) is 2.77. The minimum Gasteiger partial charge on any atom is -0.369 e. The van der Waals surface area contributed by atoms with E-state index in [0.717, 1.165) is 50.1 Å². The molecule has 1 N–H and O–H groups in total. The number of nitrogens with zero attached hydrogens (tertiary/aromatic N) is 5. The van der Waals surface area contributed by atoms with Crippen LogP contribution in [-0.2, 0) is 4.79 Å². The molecule has 2 saturated heterocycles. The van der Waals surface area contributed by atoms with Gasteiger partial charge in [0.25, 0.3) is 0 Å². The minimum atomic E-state index is 0.129. The van der Waals surface area contributed by atoms with E-state index in [0.29, 0.717) is 29.3 Å². The van der Waals surface area contributed by atoms with Crippen molar-refractivity contribution in [1.82, 2.24) is 20.2 Å². The quantitative estimate of drug-likeness (QED) is 0.801. The second-order valence-corrected chi connectivity index (χ2v) is 9.32. The van der Waals surface area contributed by atoms with E-state index < -0.39 is 0 Å². The van der Waals surface area contributed by atoms with Crippen LogP contribution in [0.3, 0.4) is 0 Å². The predicted octanol–water partition coefficient (Wildman–Crippen LogP) is 2.95. The number of amides is 1. The number of anilines is 1. The Hall–Kier alpha value is -2.72.